The number of carbonyl (C=O) groups is 2. The average molecular weight is 583 g/mol. The van der Waals surface area contributed by atoms with Crippen LogP contribution in [-0.4, -0.2) is 87.7 Å². The molecule has 2 aliphatic rings. The van der Waals surface area contributed by atoms with Gasteiger partial charge >= 0.3 is 0 Å². The standard InChI is InChI=1S/C31H34N8O4/c1-38(22-7-8-22)16-3-4-27(40)39-17-13-21(19-39)34-30-28-25(12-15-33-29(28)36-37-30)43-23-9-5-20(6-10-23)31(41)35-26-18-24(42-2)11-14-32-26/h3-6,9-12,14-15,18,21-22H,7-8,13,16-17,19H2,1-2H3,(H,32,35,41)(H2,33,34,36,37)/t21-/m1/s1. The van der Waals surface area contributed by atoms with Gasteiger partial charge in [-0.15, -0.1) is 0 Å². The van der Waals surface area contributed by atoms with E-state index < -0.39 is 0 Å². The number of carbonyl (C=O) groups excluding carboxylic acids is 2. The third-order valence-corrected chi connectivity index (χ3v) is 7.64. The topological polar surface area (TPSA) is 138 Å². The molecule has 12 nitrogen and oxygen atoms in total. The minimum absolute atomic E-state index is 0.0305. The fraction of sp³-hybridized carbons (Fsp3) is 0.323. The molecule has 1 aliphatic carbocycles. The molecular formula is C31H34N8O4. The highest BCUT2D eigenvalue weighted by Gasteiger charge is 2.27. The number of aromatic nitrogens is 4. The maximum atomic E-state index is 12.7. The molecule has 222 valence electrons. The van der Waals surface area contributed by atoms with Gasteiger partial charge in [0.05, 0.1) is 7.11 Å². The molecule has 4 aromatic rings. The molecule has 1 aliphatic heterocycles. The van der Waals surface area contributed by atoms with Crippen molar-refractivity contribution in [2.75, 3.05) is 44.4 Å². The molecule has 2 amide bonds. The van der Waals surface area contributed by atoms with E-state index in [1.165, 1.54) is 12.8 Å². The number of aromatic amines is 1. The monoisotopic (exact) mass is 582 g/mol. The van der Waals surface area contributed by atoms with Gasteiger partial charge in [0.1, 0.15) is 28.5 Å². The number of benzene rings is 1. The summed E-state index contributed by atoms with van der Waals surface area (Å²) in [6.45, 7) is 2.05. The Morgan fingerprint density at radius 2 is 1.91 bits per heavy atom. The zero-order valence-corrected chi connectivity index (χ0v) is 24.1. The first-order valence-corrected chi connectivity index (χ1v) is 14.3. The van der Waals surface area contributed by atoms with Gasteiger partial charge in [0, 0.05) is 67.9 Å². The van der Waals surface area contributed by atoms with Crippen LogP contribution < -0.4 is 20.1 Å². The summed E-state index contributed by atoms with van der Waals surface area (Å²) in [5.41, 5.74) is 1.03. The fourth-order valence-corrected chi connectivity index (χ4v) is 5.07. The first-order valence-electron chi connectivity index (χ1n) is 14.3. The smallest absolute Gasteiger partial charge is 0.256 e. The number of nitrogens with zero attached hydrogens (tertiary/aromatic N) is 5. The van der Waals surface area contributed by atoms with Crippen molar-refractivity contribution in [1.82, 2.24) is 30.0 Å². The van der Waals surface area contributed by atoms with Gasteiger partial charge in [0.25, 0.3) is 5.91 Å². The van der Waals surface area contributed by atoms with Crippen LogP contribution in [0.3, 0.4) is 0 Å². The minimum Gasteiger partial charge on any atom is -0.497 e. The number of likely N-dealkylation sites (tertiary alicyclic amines) is 1. The zero-order chi connectivity index (χ0) is 29.8. The molecule has 12 heteroatoms. The Morgan fingerprint density at radius 3 is 2.70 bits per heavy atom. The number of pyridine rings is 2. The lowest BCUT2D eigenvalue weighted by Crippen LogP contribution is -2.30. The van der Waals surface area contributed by atoms with Crippen molar-refractivity contribution >= 4 is 34.5 Å². The molecule has 6 rings (SSSR count). The Balaban J connectivity index is 1.08. The maximum absolute atomic E-state index is 12.7. The van der Waals surface area contributed by atoms with Crippen LogP contribution in [0.15, 0.2) is 67.0 Å². The van der Waals surface area contributed by atoms with Gasteiger partial charge in [0.15, 0.2) is 11.5 Å². The van der Waals surface area contributed by atoms with E-state index >= 15 is 0 Å². The van der Waals surface area contributed by atoms with Crippen LogP contribution in [-0.2, 0) is 4.79 Å². The lowest BCUT2D eigenvalue weighted by atomic mass is 10.2. The van der Waals surface area contributed by atoms with E-state index in [9.17, 15) is 9.59 Å². The summed E-state index contributed by atoms with van der Waals surface area (Å²) in [4.78, 5) is 38.1. The summed E-state index contributed by atoms with van der Waals surface area (Å²) >= 11 is 0. The number of ether oxygens (including phenoxy) is 2. The Morgan fingerprint density at radius 1 is 1.09 bits per heavy atom. The number of rotatable bonds is 11. The molecule has 0 radical (unpaired) electrons. The second-order valence-electron chi connectivity index (χ2n) is 10.8. The van der Waals surface area contributed by atoms with Gasteiger partial charge in [-0.25, -0.2) is 9.97 Å². The second kappa shape index (κ2) is 12.5. The Hall–Kier alpha value is -4.97. The van der Waals surface area contributed by atoms with Crippen molar-refractivity contribution in [1.29, 1.82) is 0 Å². The third kappa shape index (κ3) is 6.75. The molecule has 3 aromatic heterocycles. The number of amides is 2. The van der Waals surface area contributed by atoms with E-state index in [0.717, 1.165) is 13.0 Å². The predicted molar refractivity (Wildman–Crippen MR) is 163 cm³/mol. The van der Waals surface area contributed by atoms with E-state index in [-0.39, 0.29) is 17.9 Å². The molecule has 1 atom stereocenters. The Kier molecular flexibility index (Phi) is 8.18. The molecule has 2 fully saturated rings. The van der Waals surface area contributed by atoms with E-state index in [2.05, 4.69) is 42.7 Å². The van der Waals surface area contributed by atoms with Crippen molar-refractivity contribution in [2.45, 2.75) is 31.3 Å². The predicted octanol–water partition coefficient (Wildman–Crippen LogP) is 4.07. The summed E-state index contributed by atoms with van der Waals surface area (Å²) in [5.74, 6) is 2.45. The van der Waals surface area contributed by atoms with Crippen LogP contribution in [0.25, 0.3) is 11.0 Å². The van der Waals surface area contributed by atoms with E-state index in [4.69, 9.17) is 9.47 Å². The fourth-order valence-electron chi connectivity index (χ4n) is 5.07. The molecule has 4 heterocycles. The normalized spacial score (nSPS) is 16.6. The van der Waals surface area contributed by atoms with Gasteiger partial charge in [-0.1, -0.05) is 6.08 Å². The van der Waals surface area contributed by atoms with Crippen LogP contribution in [0.1, 0.15) is 29.6 Å². The number of likely N-dealkylation sites (N-methyl/N-ethyl adjacent to an activating group) is 1. The lowest BCUT2D eigenvalue weighted by Gasteiger charge is -2.16. The summed E-state index contributed by atoms with van der Waals surface area (Å²) in [6, 6.07) is 12.6. The molecule has 1 aromatic carbocycles. The van der Waals surface area contributed by atoms with E-state index in [1.54, 1.807) is 68.0 Å². The molecule has 0 unspecified atom stereocenters. The average Bonchev–Trinajstić information content (AvgIpc) is 3.64. The maximum Gasteiger partial charge on any atom is 0.256 e. The largest absolute Gasteiger partial charge is 0.497 e. The number of H-pyrrole nitrogens is 1. The number of fused-ring (bicyclic) bond motifs is 1. The van der Waals surface area contributed by atoms with Crippen LogP contribution in [0, 0.1) is 0 Å². The first kappa shape index (κ1) is 28.2. The number of methoxy groups -OCH3 is 1. The van der Waals surface area contributed by atoms with Crippen LogP contribution in [0.4, 0.5) is 11.6 Å². The van der Waals surface area contributed by atoms with Crippen molar-refractivity contribution in [3.05, 3.63) is 72.6 Å². The van der Waals surface area contributed by atoms with Crippen molar-refractivity contribution < 1.29 is 19.1 Å². The van der Waals surface area contributed by atoms with E-state index in [0.29, 0.717) is 64.6 Å². The highest BCUT2D eigenvalue weighted by molar-refractivity contribution is 6.04. The van der Waals surface area contributed by atoms with Gasteiger partial charge in [-0.2, -0.15) is 5.10 Å². The Labute approximate surface area is 249 Å². The van der Waals surface area contributed by atoms with Gasteiger partial charge in [-0.3, -0.25) is 19.6 Å². The number of nitrogens with one attached hydrogen (secondary N) is 3. The third-order valence-electron chi connectivity index (χ3n) is 7.64. The van der Waals surface area contributed by atoms with Gasteiger partial charge in [-0.05, 0) is 56.6 Å². The molecule has 1 saturated heterocycles. The van der Waals surface area contributed by atoms with Crippen LogP contribution >= 0.6 is 0 Å². The molecular weight excluding hydrogens is 548 g/mol. The molecule has 1 saturated carbocycles. The van der Waals surface area contributed by atoms with E-state index in [1.807, 2.05) is 11.0 Å². The molecule has 0 spiro atoms. The summed E-state index contributed by atoms with van der Waals surface area (Å²) in [5, 5.41) is 14.4. The second-order valence-corrected chi connectivity index (χ2v) is 10.8. The molecule has 0 bridgehead atoms. The highest BCUT2D eigenvalue weighted by Crippen LogP contribution is 2.34. The molecule has 43 heavy (non-hydrogen) atoms. The number of hydrogen-bond acceptors (Lipinski definition) is 9. The first-order chi connectivity index (χ1) is 21.0. The SMILES string of the molecule is COc1ccnc(NC(=O)c2ccc(Oc3ccnc4[nH]nc(N[C@@H]5CCN(C(=O)C=CCN(C)C6CC6)C5)c34)cc2)c1. The van der Waals surface area contributed by atoms with Gasteiger partial charge in [0.2, 0.25) is 5.91 Å². The number of hydrogen-bond donors (Lipinski definition) is 3. The highest BCUT2D eigenvalue weighted by atomic mass is 16.5. The quantitative estimate of drug-likeness (QED) is 0.224. The molecule has 3 N–H and O–H groups in total. The summed E-state index contributed by atoms with van der Waals surface area (Å²) < 4.78 is 11.4. The summed E-state index contributed by atoms with van der Waals surface area (Å²) in [6.07, 6.45) is 10.1. The Bertz CT molecular complexity index is 1630. The van der Waals surface area contributed by atoms with Crippen LogP contribution in [0.2, 0.25) is 0 Å². The minimum atomic E-state index is -0.301. The van der Waals surface area contributed by atoms with Crippen molar-refractivity contribution in [2.24, 2.45) is 0 Å². The summed E-state index contributed by atoms with van der Waals surface area (Å²) in [7, 11) is 3.65. The zero-order valence-electron chi connectivity index (χ0n) is 24.1. The van der Waals surface area contributed by atoms with Gasteiger partial charge < -0.3 is 25.0 Å². The number of anilines is 2. The van der Waals surface area contributed by atoms with Crippen molar-refractivity contribution in [3.8, 4) is 17.2 Å². The van der Waals surface area contributed by atoms with Crippen molar-refractivity contribution in [3.63, 3.8) is 0 Å². The lowest BCUT2D eigenvalue weighted by molar-refractivity contribution is -0.125. The van der Waals surface area contributed by atoms with Crippen LogP contribution in [0.5, 0.6) is 17.2 Å².